The molecule has 0 radical (unpaired) electrons. The molecule has 0 fully saturated rings. The first-order valence-electron chi connectivity index (χ1n) is 3.74. The minimum Gasteiger partial charge on any atom is -1.00 e. The topological polar surface area (TPSA) is 16.6 Å². The highest BCUT2D eigenvalue weighted by atomic mass is 35.5. The van der Waals surface area contributed by atoms with Crippen LogP contribution >= 0.6 is 11.6 Å². The fourth-order valence-corrected chi connectivity index (χ4v) is 0.854. The first-order chi connectivity index (χ1) is 4.56. The van der Waals surface area contributed by atoms with Crippen molar-refractivity contribution in [2.45, 2.75) is 0 Å². The monoisotopic (exact) mass is 236 g/mol. The third-order valence-electron chi connectivity index (χ3n) is 1.32. The Kier molecular flexibility index (Phi) is 15.3. The summed E-state index contributed by atoms with van der Waals surface area (Å²) in [7, 11) is 6.61. The van der Waals surface area contributed by atoms with Crippen LogP contribution in [0.4, 0.5) is 0 Å². The molecule has 2 nitrogen and oxygen atoms in total. The Morgan fingerprint density at radius 2 is 1.58 bits per heavy atom. The summed E-state index contributed by atoms with van der Waals surface area (Å²) in [5.41, 5.74) is 0. The molecule has 5 heteroatoms. The average Bonchev–Trinajstić information content (AvgIpc) is 1.78. The minimum atomic E-state index is 0. The lowest BCUT2D eigenvalue weighted by Crippen LogP contribution is -3.00. The molecule has 0 amide bonds. The van der Waals surface area contributed by atoms with Gasteiger partial charge in [-0.25, -0.2) is 0 Å². The lowest BCUT2D eigenvalue weighted by atomic mass is 10.5. The Labute approximate surface area is 93.1 Å². The summed E-state index contributed by atoms with van der Waals surface area (Å²) in [6.45, 7) is 3.43. The number of halogens is 3. The molecule has 0 aliphatic carbocycles. The summed E-state index contributed by atoms with van der Waals surface area (Å²) >= 11 is 5.52. The Morgan fingerprint density at radius 3 is 1.92 bits per heavy atom. The molecule has 0 aliphatic rings. The van der Waals surface area contributed by atoms with Crippen LogP contribution in [-0.4, -0.2) is 51.1 Å². The molecule has 0 unspecified atom stereocenters. The largest absolute Gasteiger partial charge is 1.00 e. The van der Waals surface area contributed by atoms with Gasteiger partial charge in [0, 0.05) is 0 Å². The third kappa shape index (κ3) is 17.0. The van der Waals surface area contributed by atoms with Crippen LogP contribution in [0.25, 0.3) is 0 Å². The van der Waals surface area contributed by atoms with Crippen molar-refractivity contribution in [3.05, 3.63) is 0 Å². The maximum absolute atomic E-state index is 5.52. The highest BCUT2D eigenvalue weighted by Crippen LogP contribution is 1.83. The predicted molar refractivity (Wildman–Crippen MR) is 45.3 cm³/mol. The van der Waals surface area contributed by atoms with E-state index in [1.807, 2.05) is 0 Å². The van der Waals surface area contributed by atoms with Gasteiger partial charge < -0.3 is 34.6 Å². The summed E-state index contributed by atoms with van der Waals surface area (Å²) in [6, 6.07) is 0. The van der Waals surface area contributed by atoms with Gasteiger partial charge in [0.2, 0.25) is 0 Å². The first-order valence-corrected chi connectivity index (χ1v) is 4.28. The summed E-state index contributed by atoms with van der Waals surface area (Å²) in [6.07, 6.45) is 0. The molecule has 78 valence electrons. The number of hydrogen-bond acceptors (Lipinski definition) is 0. The van der Waals surface area contributed by atoms with Gasteiger partial charge in [-0.2, -0.15) is 0 Å². The number of nitrogens with zero attached hydrogens (tertiary/aromatic N) is 1. The maximum atomic E-state index is 5.52. The van der Waals surface area contributed by atoms with E-state index in [9.17, 15) is 0 Å². The van der Waals surface area contributed by atoms with Crippen molar-refractivity contribution in [3.63, 3.8) is 0 Å². The van der Waals surface area contributed by atoms with E-state index in [1.165, 1.54) is 13.1 Å². The van der Waals surface area contributed by atoms with E-state index in [0.717, 1.165) is 16.9 Å². The fraction of sp³-hybridized carbons (Fsp3) is 1.00. The second-order valence-electron chi connectivity index (χ2n) is 3.57. The molecular weight excluding hydrogens is 218 g/mol. The predicted octanol–water partition coefficient (Wildman–Crippen LogP) is -6.50. The van der Waals surface area contributed by atoms with Gasteiger partial charge in [0.05, 0.1) is 33.6 Å². The van der Waals surface area contributed by atoms with Gasteiger partial charge in [0.25, 0.3) is 0 Å². The summed E-state index contributed by atoms with van der Waals surface area (Å²) in [5.74, 6) is 0.761. The van der Waals surface area contributed by atoms with E-state index in [-0.39, 0.29) is 24.8 Å². The van der Waals surface area contributed by atoms with Crippen LogP contribution < -0.4 is 30.1 Å². The maximum Gasteiger partial charge on any atom is 0.128 e. The molecule has 0 aromatic heterocycles. The molecule has 0 saturated heterocycles. The standard InChI is InChI=1S/C7H18ClN2.2ClH/c1-10(2,3)7-6-9-5-4-8;;/h9H,4-7H2,1-3H3;2*1H/q+1;;/p-1. The highest BCUT2D eigenvalue weighted by Gasteiger charge is 2.06. The van der Waals surface area contributed by atoms with Crippen molar-refractivity contribution in [3.8, 4) is 0 Å². The molecular formula is C7H19Cl3N2. The van der Waals surface area contributed by atoms with Crippen LogP contribution in [-0.2, 0) is 0 Å². The van der Waals surface area contributed by atoms with Gasteiger partial charge in [-0.05, 0) is 0 Å². The van der Waals surface area contributed by atoms with Gasteiger partial charge in [-0.15, -0.1) is 11.6 Å². The zero-order chi connectivity index (χ0) is 8.04. The number of alkyl halides is 1. The third-order valence-corrected chi connectivity index (χ3v) is 1.54. The summed E-state index contributed by atoms with van der Waals surface area (Å²) < 4.78 is 1.04. The number of likely N-dealkylation sites (N-methyl/N-ethyl adjacent to an activating group) is 1. The Balaban J connectivity index is -0.000000405. The van der Waals surface area contributed by atoms with Crippen molar-refractivity contribution < 1.29 is 34.6 Å². The molecule has 0 atom stereocenters. The quantitative estimate of drug-likeness (QED) is 0.278. The smallest absolute Gasteiger partial charge is 0.128 e. The van der Waals surface area contributed by atoms with E-state index in [0.29, 0.717) is 0 Å². The summed E-state index contributed by atoms with van der Waals surface area (Å²) in [4.78, 5) is 0. The number of rotatable bonds is 5. The van der Waals surface area contributed by atoms with Gasteiger partial charge in [-0.1, -0.05) is 0 Å². The van der Waals surface area contributed by atoms with Gasteiger partial charge in [-0.3, -0.25) is 0 Å². The Bertz CT molecular complexity index is 83.2. The van der Waals surface area contributed by atoms with Gasteiger partial charge in [0.15, 0.2) is 0 Å². The van der Waals surface area contributed by atoms with Crippen molar-refractivity contribution in [2.75, 3.05) is 46.7 Å². The van der Waals surface area contributed by atoms with Crippen molar-refractivity contribution in [2.24, 2.45) is 0 Å². The molecule has 0 aliphatic heterocycles. The molecule has 0 heterocycles. The number of quaternary nitrogens is 2. The molecule has 0 aromatic carbocycles. The zero-order valence-corrected chi connectivity index (χ0v) is 10.3. The summed E-state index contributed by atoms with van der Waals surface area (Å²) in [5, 5.41) is 2.26. The first kappa shape index (κ1) is 18.5. The van der Waals surface area contributed by atoms with Crippen LogP contribution in [0.15, 0.2) is 0 Å². The van der Waals surface area contributed by atoms with E-state index >= 15 is 0 Å². The average molecular weight is 238 g/mol. The van der Waals surface area contributed by atoms with Crippen molar-refractivity contribution >= 4 is 11.6 Å². The normalized spacial score (nSPS) is 10.0. The van der Waals surface area contributed by atoms with Crippen LogP contribution in [0.1, 0.15) is 0 Å². The van der Waals surface area contributed by atoms with Crippen LogP contribution in [0, 0.1) is 0 Å². The minimum absolute atomic E-state index is 0. The van der Waals surface area contributed by atoms with Crippen molar-refractivity contribution in [1.82, 2.24) is 0 Å². The second-order valence-corrected chi connectivity index (χ2v) is 3.95. The lowest BCUT2D eigenvalue weighted by Gasteiger charge is -2.22. The van der Waals surface area contributed by atoms with E-state index in [1.54, 1.807) is 0 Å². The van der Waals surface area contributed by atoms with Crippen molar-refractivity contribution in [1.29, 1.82) is 0 Å². The van der Waals surface area contributed by atoms with E-state index in [2.05, 4.69) is 26.5 Å². The molecule has 0 rings (SSSR count). The number of hydrogen-bond donors (Lipinski definition) is 1. The highest BCUT2D eigenvalue weighted by molar-refractivity contribution is 6.17. The molecule has 0 bridgehead atoms. The molecule has 12 heavy (non-hydrogen) atoms. The second kappa shape index (κ2) is 9.87. The number of nitrogens with two attached hydrogens (primary N) is 1. The van der Waals surface area contributed by atoms with Crippen LogP contribution in [0.2, 0.25) is 0 Å². The Hall–Kier alpha value is 0.790. The fourth-order valence-electron chi connectivity index (χ4n) is 0.700. The molecule has 2 N–H and O–H groups in total. The Morgan fingerprint density at radius 1 is 1.08 bits per heavy atom. The van der Waals surface area contributed by atoms with Gasteiger partial charge in [0.1, 0.15) is 13.1 Å². The van der Waals surface area contributed by atoms with E-state index < -0.39 is 0 Å². The zero-order valence-electron chi connectivity index (χ0n) is 7.99. The lowest BCUT2D eigenvalue weighted by molar-refractivity contribution is -0.884. The molecule has 0 aromatic rings. The van der Waals surface area contributed by atoms with Crippen LogP contribution in [0.3, 0.4) is 0 Å². The molecule has 0 saturated carbocycles. The molecule has 0 spiro atoms. The van der Waals surface area contributed by atoms with Crippen LogP contribution in [0.5, 0.6) is 0 Å². The van der Waals surface area contributed by atoms with Gasteiger partial charge >= 0.3 is 0 Å². The SMILES string of the molecule is C[N+](C)(C)CC[NH2+]CCCl.[Cl-].[Cl-]. The van der Waals surface area contributed by atoms with E-state index in [4.69, 9.17) is 11.6 Å².